The molecule has 0 spiro atoms. The molecule has 1 aromatic heterocycles. The summed E-state index contributed by atoms with van der Waals surface area (Å²) in [6, 6.07) is 1.96. The molecular formula is C8H7N3S. The van der Waals surface area contributed by atoms with E-state index in [1.807, 2.05) is 16.8 Å². The highest BCUT2D eigenvalue weighted by Gasteiger charge is 1.82. The Kier molecular flexibility index (Phi) is 3.79. The molecule has 4 heteroatoms. The molecule has 0 aromatic carbocycles. The Morgan fingerprint density at radius 1 is 1.67 bits per heavy atom. The van der Waals surface area contributed by atoms with E-state index in [9.17, 15) is 0 Å². The van der Waals surface area contributed by atoms with Gasteiger partial charge in [0, 0.05) is 28.8 Å². The van der Waals surface area contributed by atoms with Gasteiger partial charge in [-0.2, -0.15) is 11.3 Å². The van der Waals surface area contributed by atoms with E-state index in [0.29, 0.717) is 13.0 Å². The van der Waals surface area contributed by atoms with E-state index in [-0.39, 0.29) is 0 Å². The van der Waals surface area contributed by atoms with Crippen LogP contribution >= 0.6 is 11.3 Å². The molecular weight excluding hydrogens is 170 g/mol. The third-order valence-electron chi connectivity index (χ3n) is 1.15. The minimum absolute atomic E-state index is 0.452. The van der Waals surface area contributed by atoms with Gasteiger partial charge in [0.1, 0.15) is 0 Å². The van der Waals surface area contributed by atoms with Crippen molar-refractivity contribution in [3.05, 3.63) is 32.8 Å². The van der Waals surface area contributed by atoms with Crippen LogP contribution in [0.4, 0.5) is 0 Å². The lowest BCUT2D eigenvalue weighted by molar-refractivity contribution is 1.01. The highest BCUT2D eigenvalue weighted by molar-refractivity contribution is 7.08. The molecule has 1 rings (SSSR count). The Hall–Kier alpha value is -1.43. The molecule has 1 heterocycles. The molecule has 0 N–H and O–H groups in total. The Bertz CT molecular complexity index is 325. The van der Waals surface area contributed by atoms with E-state index in [0.717, 1.165) is 5.56 Å². The number of azide groups is 1. The third-order valence-corrected chi connectivity index (χ3v) is 1.84. The molecule has 0 aliphatic heterocycles. The fourth-order valence-electron chi connectivity index (χ4n) is 0.651. The Morgan fingerprint density at radius 3 is 3.25 bits per heavy atom. The fraction of sp³-hybridized carbons (Fsp3) is 0.250. The van der Waals surface area contributed by atoms with Crippen molar-refractivity contribution in [3.63, 3.8) is 0 Å². The van der Waals surface area contributed by atoms with E-state index in [1.54, 1.807) is 11.3 Å². The van der Waals surface area contributed by atoms with Crippen molar-refractivity contribution in [2.75, 3.05) is 6.54 Å². The van der Waals surface area contributed by atoms with Crippen molar-refractivity contribution in [2.24, 2.45) is 5.11 Å². The zero-order valence-corrected chi connectivity index (χ0v) is 7.21. The summed E-state index contributed by atoms with van der Waals surface area (Å²) in [4.78, 5) is 2.63. The monoisotopic (exact) mass is 177 g/mol. The zero-order valence-electron chi connectivity index (χ0n) is 6.40. The average Bonchev–Trinajstić information content (AvgIpc) is 2.57. The molecule has 0 fully saturated rings. The van der Waals surface area contributed by atoms with Gasteiger partial charge in [0.15, 0.2) is 0 Å². The van der Waals surface area contributed by atoms with Crippen LogP contribution in [0, 0.1) is 11.8 Å². The van der Waals surface area contributed by atoms with Gasteiger partial charge in [-0.15, -0.1) is 0 Å². The first-order valence-electron chi connectivity index (χ1n) is 3.45. The smallest absolute Gasteiger partial charge is 0.0367 e. The number of thiophene rings is 1. The summed E-state index contributed by atoms with van der Waals surface area (Å²) in [7, 11) is 0. The number of hydrogen-bond acceptors (Lipinski definition) is 2. The maximum absolute atomic E-state index is 7.96. The van der Waals surface area contributed by atoms with Crippen LogP contribution < -0.4 is 0 Å². The predicted molar refractivity (Wildman–Crippen MR) is 49.8 cm³/mol. The normalized spacial score (nSPS) is 8.00. The standard InChI is InChI=1S/C8H7N3S/c9-11-10-5-2-1-3-8-4-6-12-7-8/h4,6-7H,2,5H2. The van der Waals surface area contributed by atoms with Gasteiger partial charge in [0.2, 0.25) is 0 Å². The molecule has 0 atom stereocenters. The second kappa shape index (κ2) is 5.25. The van der Waals surface area contributed by atoms with Crippen molar-refractivity contribution in [2.45, 2.75) is 6.42 Å². The van der Waals surface area contributed by atoms with Gasteiger partial charge in [-0.1, -0.05) is 17.0 Å². The minimum atomic E-state index is 0.452. The minimum Gasteiger partial charge on any atom is -0.151 e. The second-order valence-electron chi connectivity index (χ2n) is 2.02. The van der Waals surface area contributed by atoms with Crippen LogP contribution in [0.25, 0.3) is 10.4 Å². The highest BCUT2D eigenvalue weighted by Crippen LogP contribution is 2.03. The lowest BCUT2D eigenvalue weighted by Crippen LogP contribution is -1.73. The molecule has 60 valence electrons. The van der Waals surface area contributed by atoms with Gasteiger partial charge in [0.25, 0.3) is 0 Å². The van der Waals surface area contributed by atoms with E-state index >= 15 is 0 Å². The van der Waals surface area contributed by atoms with Gasteiger partial charge in [0.05, 0.1) is 0 Å². The topological polar surface area (TPSA) is 48.8 Å². The molecule has 12 heavy (non-hydrogen) atoms. The highest BCUT2D eigenvalue weighted by atomic mass is 32.1. The lowest BCUT2D eigenvalue weighted by atomic mass is 10.3. The predicted octanol–water partition coefficient (Wildman–Crippen LogP) is 2.80. The van der Waals surface area contributed by atoms with Crippen LogP contribution in [0.15, 0.2) is 21.9 Å². The molecule has 0 saturated heterocycles. The third kappa shape index (κ3) is 3.11. The fourth-order valence-corrected chi connectivity index (χ4v) is 1.24. The molecule has 0 amide bonds. The summed E-state index contributed by atoms with van der Waals surface area (Å²) < 4.78 is 0. The summed E-state index contributed by atoms with van der Waals surface area (Å²) in [5, 5.41) is 7.34. The van der Waals surface area contributed by atoms with E-state index in [1.165, 1.54) is 0 Å². The lowest BCUT2D eigenvalue weighted by Gasteiger charge is -1.78. The number of hydrogen-bond donors (Lipinski definition) is 0. The average molecular weight is 177 g/mol. The van der Waals surface area contributed by atoms with Gasteiger partial charge in [-0.3, -0.25) is 0 Å². The maximum atomic E-state index is 7.96. The van der Waals surface area contributed by atoms with Crippen LogP contribution in [-0.4, -0.2) is 6.54 Å². The van der Waals surface area contributed by atoms with Gasteiger partial charge in [-0.05, 0) is 17.0 Å². The molecule has 0 unspecified atom stereocenters. The van der Waals surface area contributed by atoms with E-state index in [2.05, 4.69) is 21.9 Å². The summed E-state index contributed by atoms with van der Waals surface area (Å²) in [5.41, 5.74) is 8.99. The summed E-state index contributed by atoms with van der Waals surface area (Å²) in [6.45, 7) is 0.452. The largest absolute Gasteiger partial charge is 0.151 e. The van der Waals surface area contributed by atoms with Crippen LogP contribution in [0.2, 0.25) is 0 Å². The van der Waals surface area contributed by atoms with Crippen LogP contribution in [-0.2, 0) is 0 Å². The maximum Gasteiger partial charge on any atom is 0.0367 e. The van der Waals surface area contributed by atoms with Crippen molar-refractivity contribution >= 4 is 11.3 Å². The first-order chi connectivity index (χ1) is 5.93. The number of nitrogens with zero attached hydrogens (tertiary/aromatic N) is 3. The molecule has 3 nitrogen and oxygen atoms in total. The SMILES string of the molecule is [N-]=[N+]=NCCC#Cc1ccsc1. The molecule has 0 radical (unpaired) electrons. The first-order valence-corrected chi connectivity index (χ1v) is 4.39. The molecule has 0 bridgehead atoms. The van der Waals surface area contributed by atoms with Gasteiger partial charge in [-0.25, -0.2) is 0 Å². The Balaban J connectivity index is 2.35. The van der Waals surface area contributed by atoms with Crippen LogP contribution in [0.5, 0.6) is 0 Å². The summed E-state index contributed by atoms with van der Waals surface area (Å²) >= 11 is 1.62. The van der Waals surface area contributed by atoms with E-state index < -0.39 is 0 Å². The number of rotatable bonds is 2. The zero-order chi connectivity index (χ0) is 8.65. The summed E-state index contributed by atoms with van der Waals surface area (Å²) in [5.74, 6) is 5.88. The van der Waals surface area contributed by atoms with Crippen molar-refractivity contribution < 1.29 is 0 Å². The molecule has 0 aliphatic rings. The molecule has 1 aromatic rings. The van der Waals surface area contributed by atoms with Gasteiger partial charge < -0.3 is 0 Å². The second-order valence-corrected chi connectivity index (χ2v) is 2.80. The summed E-state index contributed by atoms with van der Waals surface area (Å²) in [6.07, 6.45) is 0.625. The van der Waals surface area contributed by atoms with Crippen LogP contribution in [0.1, 0.15) is 12.0 Å². The first kappa shape index (κ1) is 8.66. The van der Waals surface area contributed by atoms with Crippen molar-refractivity contribution in [3.8, 4) is 11.8 Å². The van der Waals surface area contributed by atoms with E-state index in [4.69, 9.17) is 5.53 Å². The molecule has 0 saturated carbocycles. The van der Waals surface area contributed by atoms with Gasteiger partial charge >= 0.3 is 0 Å². The van der Waals surface area contributed by atoms with Crippen LogP contribution in [0.3, 0.4) is 0 Å². The Morgan fingerprint density at radius 2 is 2.58 bits per heavy atom. The quantitative estimate of drug-likeness (QED) is 0.219. The molecule has 0 aliphatic carbocycles. The van der Waals surface area contributed by atoms with Crippen molar-refractivity contribution in [1.29, 1.82) is 0 Å². The Labute approximate surface area is 74.7 Å². The van der Waals surface area contributed by atoms with Crippen molar-refractivity contribution in [1.82, 2.24) is 0 Å².